The van der Waals surface area contributed by atoms with Crippen LogP contribution < -0.4 is 16.0 Å². The summed E-state index contributed by atoms with van der Waals surface area (Å²) >= 11 is 0. The number of piperidine rings is 1. The van der Waals surface area contributed by atoms with Gasteiger partial charge in [-0.3, -0.25) is 9.59 Å². The van der Waals surface area contributed by atoms with E-state index in [1.165, 1.54) is 0 Å². The van der Waals surface area contributed by atoms with Crippen molar-refractivity contribution in [2.24, 2.45) is 5.73 Å². The molecule has 0 radical (unpaired) electrons. The number of anilines is 1. The standard InChI is InChI=1S/C15H21N3O2/c1-2-8-17-13-7-4-9-18(15(13)20)12-6-3-5-11(10-12)14(16)19/h3,5-6,10,13,17H,2,4,7-9H2,1H3,(H2,16,19). The lowest BCUT2D eigenvalue weighted by Gasteiger charge is -2.33. The molecular weight excluding hydrogens is 254 g/mol. The van der Waals surface area contributed by atoms with Crippen LogP contribution in [0.5, 0.6) is 0 Å². The van der Waals surface area contributed by atoms with Gasteiger partial charge in [-0.25, -0.2) is 0 Å². The molecule has 1 aromatic carbocycles. The Labute approximate surface area is 119 Å². The summed E-state index contributed by atoms with van der Waals surface area (Å²) in [4.78, 5) is 25.4. The molecule has 1 saturated heterocycles. The molecule has 0 aromatic heterocycles. The van der Waals surface area contributed by atoms with Crippen molar-refractivity contribution < 1.29 is 9.59 Å². The van der Waals surface area contributed by atoms with Crippen LogP contribution in [-0.2, 0) is 4.79 Å². The number of hydrogen-bond donors (Lipinski definition) is 2. The van der Waals surface area contributed by atoms with Crippen molar-refractivity contribution in [2.75, 3.05) is 18.0 Å². The summed E-state index contributed by atoms with van der Waals surface area (Å²) < 4.78 is 0. The van der Waals surface area contributed by atoms with E-state index in [1.807, 2.05) is 6.07 Å². The van der Waals surface area contributed by atoms with Crippen LogP contribution in [0.1, 0.15) is 36.5 Å². The number of rotatable bonds is 5. The Morgan fingerprint density at radius 2 is 2.30 bits per heavy atom. The molecule has 2 rings (SSSR count). The third kappa shape index (κ3) is 3.17. The Kier molecular flexibility index (Phi) is 4.74. The summed E-state index contributed by atoms with van der Waals surface area (Å²) in [5.41, 5.74) is 6.46. The van der Waals surface area contributed by atoms with Gasteiger partial charge in [-0.15, -0.1) is 0 Å². The fourth-order valence-corrected chi connectivity index (χ4v) is 2.47. The van der Waals surface area contributed by atoms with E-state index in [0.29, 0.717) is 12.1 Å². The molecule has 1 fully saturated rings. The molecule has 20 heavy (non-hydrogen) atoms. The van der Waals surface area contributed by atoms with Gasteiger partial charge in [0.1, 0.15) is 0 Å². The molecule has 1 heterocycles. The number of primary amides is 1. The first-order valence-electron chi connectivity index (χ1n) is 7.08. The second-order valence-corrected chi connectivity index (χ2v) is 5.05. The van der Waals surface area contributed by atoms with Crippen molar-refractivity contribution in [3.05, 3.63) is 29.8 Å². The number of nitrogens with one attached hydrogen (secondary N) is 1. The maximum Gasteiger partial charge on any atom is 0.248 e. The predicted octanol–water partition coefficient (Wildman–Crippen LogP) is 1.28. The average molecular weight is 275 g/mol. The van der Waals surface area contributed by atoms with Crippen LogP contribution in [0.3, 0.4) is 0 Å². The Hall–Kier alpha value is -1.88. The van der Waals surface area contributed by atoms with E-state index in [9.17, 15) is 9.59 Å². The van der Waals surface area contributed by atoms with E-state index >= 15 is 0 Å². The van der Waals surface area contributed by atoms with Crippen LogP contribution in [0, 0.1) is 0 Å². The first-order chi connectivity index (χ1) is 9.63. The Morgan fingerprint density at radius 1 is 1.50 bits per heavy atom. The summed E-state index contributed by atoms with van der Waals surface area (Å²) in [5.74, 6) is -0.400. The second kappa shape index (κ2) is 6.52. The summed E-state index contributed by atoms with van der Waals surface area (Å²) in [6.07, 6.45) is 2.82. The van der Waals surface area contributed by atoms with Gasteiger partial charge in [-0.2, -0.15) is 0 Å². The zero-order chi connectivity index (χ0) is 14.5. The van der Waals surface area contributed by atoms with Crippen molar-refractivity contribution in [1.29, 1.82) is 0 Å². The van der Waals surface area contributed by atoms with Gasteiger partial charge in [0.05, 0.1) is 6.04 Å². The van der Waals surface area contributed by atoms with Crippen LogP contribution in [0.25, 0.3) is 0 Å². The van der Waals surface area contributed by atoms with Crippen molar-refractivity contribution in [2.45, 2.75) is 32.2 Å². The molecule has 1 aliphatic heterocycles. The number of carbonyl (C=O) groups is 2. The molecule has 1 atom stereocenters. The molecule has 5 heteroatoms. The Bertz CT molecular complexity index is 502. The number of hydrogen-bond acceptors (Lipinski definition) is 3. The zero-order valence-electron chi connectivity index (χ0n) is 11.8. The van der Waals surface area contributed by atoms with E-state index < -0.39 is 5.91 Å². The van der Waals surface area contributed by atoms with Gasteiger partial charge in [-0.05, 0) is 44.0 Å². The molecule has 1 aromatic rings. The highest BCUT2D eigenvalue weighted by molar-refractivity contribution is 6.00. The highest BCUT2D eigenvalue weighted by atomic mass is 16.2. The van der Waals surface area contributed by atoms with Crippen molar-refractivity contribution >= 4 is 17.5 Å². The Balaban J connectivity index is 2.16. The average Bonchev–Trinajstić information content (AvgIpc) is 2.46. The normalized spacial score (nSPS) is 19.1. The maximum absolute atomic E-state index is 12.5. The third-order valence-corrected chi connectivity index (χ3v) is 3.52. The number of amides is 2. The highest BCUT2D eigenvalue weighted by Gasteiger charge is 2.29. The number of benzene rings is 1. The SMILES string of the molecule is CCCNC1CCCN(c2cccc(C(N)=O)c2)C1=O. The molecule has 0 bridgehead atoms. The fourth-order valence-electron chi connectivity index (χ4n) is 2.47. The van der Waals surface area contributed by atoms with Crippen molar-refractivity contribution in [3.63, 3.8) is 0 Å². The summed E-state index contributed by atoms with van der Waals surface area (Å²) in [7, 11) is 0. The van der Waals surface area contributed by atoms with Gasteiger partial charge in [-0.1, -0.05) is 13.0 Å². The minimum Gasteiger partial charge on any atom is -0.366 e. The second-order valence-electron chi connectivity index (χ2n) is 5.05. The predicted molar refractivity (Wildman–Crippen MR) is 78.6 cm³/mol. The van der Waals surface area contributed by atoms with Crippen LogP contribution in [-0.4, -0.2) is 30.9 Å². The van der Waals surface area contributed by atoms with Gasteiger partial charge in [0.25, 0.3) is 0 Å². The van der Waals surface area contributed by atoms with Gasteiger partial charge < -0.3 is 16.0 Å². The van der Waals surface area contributed by atoms with Crippen molar-refractivity contribution in [3.8, 4) is 0 Å². The van der Waals surface area contributed by atoms with Crippen LogP contribution in [0.15, 0.2) is 24.3 Å². The lowest BCUT2D eigenvalue weighted by Crippen LogP contribution is -2.51. The van der Waals surface area contributed by atoms with E-state index in [0.717, 1.165) is 31.5 Å². The van der Waals surface area contributed by atoms with E-state index in [-0.39, 0.29) is 11.9 Å². The molecular formula is C15H21N3O2. The van der Waals surface area contributed by atoms with Crippen molar-refractivity contribution in [1.82, 2.24) is 5.32 Å². The molecule has 1 aliphatic rings. The lowest BCUT2D eigenvalue weighted by atomic mass is 10.0. The number of nitrogens with zero attached hydrogens (tertiary/aromatic N) is 1. The number of carbonyl (C=O) groups excluding carboxylic acids is 2. The molecule has 2 amide bonds. The monoisotopic (exact) mass is 275 g/mol. The third-order valence-electron chi connectivity index (χ3n) is 3.52. The van der Waals surface area contributed by atoms with Gasteiger partial charge in [0, 0.05) is 17.8 Å². The van der Waals surface area contributed by atoms with E-state index in [4.69, 9.17) is 5.73 Å². The lowest BCUT2D eigenvalue weighted by molar-refractivity contribution is -0.121. The molecule has 0 aliphatic carbocycles. The molecule has 0 saturated carbocycles. The quantitative estimate of drug-likeness (QED) is 0.850. The minimum atomic E-state index is -0.475. The fraction of sp³-hybridized carbons (Fsp3) is 0.467. The molecule has 3 N–H and O–H groups in total. The molecule has 108 valence electrons. The summed E-state index contributed by atoms with van der Waals surface area (Å²) in [5, 5.41) is 3.28. The Morgan fingerprint density at radius 3 is 3.00 bits per heavy atom. The first kappa shape index (κ1) is 14.5. The molecule has 5 nitrogen and oxygen atoms in total. The summed E-state index contributed by atoms with van der Waals surface area (Å²) in [6, 6.07) is 6.81. The van der Waals surface area contributed by atoms with Crippen LogP contribution >= 0.6 is 0 Å². The molecule has 0 spiro atoms. The highest BCUT2D eigenvalue weighted by Crippen LogP contribution is 2.22. The number of nitrogens with two attached hydrogens (primary N) is 1. The largest absolute Gasteiger partial charge is 0.366 e. The smallest absolute Gasteiger partial charge is 0.248 e. The maximum atomic E-state index is 12.5. The molecule has 1 unspecified atom stereocenters. The first-order valence-corrected chi connectivity index (χ1v) is 7.08. The van der Waals surface area contributed by atoms with Gasteiger partial charge in [0.15, 0.2) is 0 Å². The van der Waals surface area contributed by atoms with Crippen LogP contribution in [0.2, 0.25) is 0 Å². The van der Waals surface area contributed by atoms with Gasteiger partial charge >= 0.3 is 0 Å². The van der Waals surface area contributed by atoms with Crippen LogP contribution in [0.4, 0.5) is 5.69 Å². The zero-order valence-corrected chi connectivity index (χ0v) is 11.8. The van der Waals surface area contributed by atoms with E-state index in [1.54, 1.807) is 23.1 Å². The minimum absolute atomic E-state index is 0.0753. The topological polar surface area (TPSA) is 75.4 Å². The summed E-state index contributed by atoms with van der Waals surface area (Å²) in [6.45, 7) is 3.60. The van der Waals surface area contributed by atoms with Gasteiger partial charge in [0.2, 0.25) is 11.8 Å². The van der Waals surface area contributed by atoms with E-state index in [2.05, 4.69) is 12.2 Å².